The lowest BCUT2D eigenvalue weighted by Crippen LogP contribution is -2.43. The number of aryl methyl sites for hydroxylation is 1. The molecule has 3 aromatic rings. The van der Waals surface area contributed by atoms with Gasteiger partial charge >= 0.3 is 0 Å². The number of para-hydroxylation sites is 2. The monoisotopic (exact) mass is 405 g/mol. The van der Waals surface area contributed by atoms with Crippen LogP contribution in [0.2, 0.25) is 0 Å². The summed E-state index contributed by atoms with van der Waals surface area (Å²) in [5.41, 5.74) is 1.09. The van der Waals surface area contributed by atoms with Gasteiger partial charge in [0.2, 0.25) is 0 Å². The number of aromatic nitrogens is 2. The van der Waals surface area contributed by atoms with Crippen LogP contribution in [0.4, 0.5) is 0 Å². The molecule has 1 amide bonds. The first kappa shape index (κ1) is 18.7. The molecule has 0 N–H and O–H groups in total. The van der Waals surface area contributed by atoms with Gasteiger partial charge in [-0.15, -0.1) is 0 Å². The summed E-state index contributed by atoms with van der Waals surface area (Å²) >= 11 is 0. The molecule has 0 saturated heterocycles. The minimum Gasteiger partial charge on any atom is -0.486 e. The average Bonchev–Trinajstić information content (AvgIpc) is 3.25. The fourth-order valence-corrected chi connectivity index (χ4v) is 4.15. The second-order valence-electron chi connectivity index (χ2n) is 7.66. The SMILES string of the molecule is CCN(C[C@@H]1COc2ccccc2O1)C(=O)c1ccc2c(=O)n3c(nc2c1)CCC3. The zero-order chi connectivity index (χ0) is 20.7. The summed E-state index contributed by atoms with van der Waals surface area (Å²) in [6.07, 6.45) is 1.49. The number of rotatable bonds is 4. The Morgan fingerprint density at radius 1 is 1.23 bits per heavy atom. The molecular weight excluding hydrogens is 382 g/mol. The number of hydrogen-bond acceptors (Lipinski definition) is 5. The molecule has 7 nitrogen and oxygen atoms in total. The number of carbonyl (C=O) groups excluding carboxylic acids is 1. The number of ether oxygens (including phenoxy) is 2. The molecule has 3 heterocycles. The van der Waals surface area contributed by atoms with Crippen molar-refractivity contribution in [2.45, 2.75) is 32.4 Å². The Balaban J connectivity index is 1.38. The normalized spacial score (nSPS) is 17.0. The first-order valence-electron chi connectivity index (χ1n) is 10.4. The van der Waals surface area contributed by atoms with Gasteiger partial charge in [0.1, 0.15) is 12.4 Å². The summed E-state index contributed by atoms with van der Waals surface area (Å²) < 4.78 is 13.5. The third-order valence-corrected chi connectivity index (χ3v) is 5.72. The number of fused-ring (bicyclic) bond motifs is 3. The predicted molar refractivity (Wildman–Crippen MR) is 112 cm³/mol. The van der Waals surface area contributed by atoms with E-state index in [-0.39, 0.29) is 17.6 Å². The third-order valence-electron chi connectivity index (χ3n) is 5.72. The molecule has 0 saturated carbocycles. The molecule has 0 spiro atoms. The number of likely N-dealkylation sites (N-methyl/N-ethyl adjacent to an activating group) is 1. The highest BCUT2D eigenvalue weighted by Crippen LogP contribution is 2.31. The lowest BCUT2D eigenvalue weighted by atomic mass is 10.1. The van der Waals surface area contributed by atoms with Crippen molar-refractivity contribution in [3.63, 3.8) is 0 Å². The maximum absolute atomic E-state index is 13.2. The van der Waals surface area contributed by atoms with Crippen molar-refractivity contribution < 1.29 is 14.3 Å². The van der Waals surface area contributed by atoms with Gasteiger partial charge in [-0.05, 0) is 43.7 Å². The minimum absolute atomic E-state index is 0.0229. The highest BCUT2D eigenvalue weighted by atomic mass is 16.6. The summed E-state index contributed by atoms with van der Waals surface area (Å²) in [5, 5.41) is 0.556. The fraction of sp³-hybridized carbons (Fsp3) is 0.348. The van der Waals surface area contributed by atoms with Crippen LogP contribution in [0.1, 0.15) is 29.5 Å². The van der Waals surface area contributed by atoms with E-state index < -0.39 is 0 Å². The first-order valence-corrected chi connectivity index (χ1v) is 10.4. The maximum atomic E-state index is 13.2. The van der Waals surface area contributed by atoms with Gasteiger partial charge in [0.25, 0.3) is 11.5 Å². The first-order chi connectivity index (χ1) is 14.6. The molecular formula is C23H23N3O4. The smallest absolute Gasteiger partial charge is 0.261 e. The van der Waals surface area contributed by atoms with Crippen molar-refractivity contribution in [1.29, 1.82) is 0 Å². The molecule has 0 aliphatic carbocycles. The predicted octanol–water partition coefficient (Wildman–Crippen LogP) is 2.64. The zero-order valence-corrected chi connectivity index (χ0v) is 16.8. The van der Waals surface area contributed by atoms with Gasteiger partial charge in [-0.1, -0.05) is 12.1 Å². The Bertz CT molecular complexity index is 1190. The number of nitrogens with zero attached hydrogens (tertiary/aromatic N) is 3. The van der Waals surface area contributed by atoms with Crippen LogP contribution in [0.5, 0.6) is 11.5 Å². The third kappa shape index (κ3) is 3.20. The van der Waals surface area contributed by atoms with Gasteiger partial charge in [-0.25, -0.2) is 4.98 Å². The fourth-order valence-electron chi connectivity index (χ4n) is 4.15. The molecule has 2 aromatic carbocycles. The summed E-state index contributed by atoms with van der Waals surface area (Å²) in [6.45, 7) is 4.01. The second kappa shape index (κ2) is 7.48. The standard InChI is InChI=1S/C23H23N3O4/c1-2-25(13-16-14-29-19-6-3-4-7-20(19)30-16)22(27)15-9-10-17-18(12-15)24-21-8-5-11-26(21)23(17)28/h3-4,6-7,9-10,12,16H,2,5,8,11,13-14H2,1H3/t16-/m1/s1. The van der Waals surface area contributed by atoms with E-state index in [9.17, 15) is 9.59 Å². The Morgan fingerprint density at radius 2 is 2.07 bits per heavy atom. The van der Waals surface area contributed by atoms with Crippen LogP contribution in [-0.4, -0.2) is 46.2 Å². The zero-order valence-electron chi connectivity index (χ0n) is 16.8. The van der Waals surface area contributed by atoms with Crippen molar-refractivity contribution in [3.8, 4) is 11.5 Å². The highest BCUT2D eigenvalue weighted by Gasteiger charge is 2.26. The summed E-state index contributed by atoms with van der Waals surface area (Å²) in [4.78, 5) is 32.2. The number of amides is 1. The van der Waals surface area contributed by atoms with Crippen molar-refractivity contribution in [1.82, 2.24) is 14.5 Å². The van der Waals surface area contributed by atoms with Crippen molar-refractivity contribution in [2.75, 3.05) is 19.7 Å². The Labute approximate surface area is 173 Å². The Morgan fingerprint density at radius 3 is 2.90 bits per heavy atom. The molecule has 0 unspecified atom stereocenters. The quantitative estimate of drug-likeness (QED) is 0.667. The van der Waals surface area contributed by atoms with E-state index in [2.05, 4.69) is 4.98 Å². The lowest BCUT2D eigenvalue weighted by Gasteiger charge is -2.31. The largest absolute Gasteiger partial charge is 0.486 e. The van der Waals surface area contributed by atoms with E-state index in [1.165, 1.54) is 0 Å². The van der Waals surface area contributed by atoms with Crippen LogP contribution in [0.25, 0.3) is 10.9 Å². The molecule has 0 bridgehead atoms. The molecule has 1 atom stereocenters. The summed E-state index contributed by atoms with van der Waals surface area (Å²) in [7, 11) is 0. The van der Waals surface area contributed by atoms with Crippen LogP contribution in [0.3, 0.4) is 0 Å². The molecule has 0 radical (unpaired) electrons. The van der Waals surface area contributed by atoms with Gasteiger partial charge in [-0.2, -0.15) is 0 Å². The summed E-state index contributed by atoms with van der Waals surface area (Å²) in [5.74, 6) is 2.11. The van der Waals surface area contributed by atoms with Gasteiger partial charge in [-0.3, -0.25) is 14.2 Å². The summed E-state index contributed by atoms with van der Waals surface area (Å²) in [6, 6.07) is 12.7. The second-order valence-corrected chi connectivity index (χ2v) is 7.66. The van der Waals surface area contributed by atoms with E-state index >= 15 is 0 Å². The average molecular weight is 405 g/mol. The van der Waals surface area contributed by atoms with Gasteiger partial charge < -0.3 is 14.4 Å². The van der Waals surface area contributed by atoms with Crippen LogP contribution in [0.15, 0.2) is 47.3 Å². The van der Waals surface area contributed by atoms with Crippen molar-refractivity contribution >= 4 is 16.8 Å². The molecule has 5 rings (SSSR count). The lowest BCUT2D eigenvalue weighted by molar-refractivity contribution is 0.0475. The molecule has 154 valence electrons. The van der Waals surface area contributed by atoms with Crippen LogP contribution in [0, 0.1) is 0 Å². The van der Waals surface area contributed by atoms with Crippen molar-refractivity contribution in [2.24, 2.45) is 0 Å². The van der Waals surface area contributed by atoms with Gasteiger partial charge in [0.15, 0.2) is 17.6 Å². The molecule has 2 aliphatic rings. The minimum atomic E-state index is -0.240. The number of benzene rings is 2. The van der Waals surface area contributed by atoms with Crippen LogP contribution >= 0.6 is 0 Å². The van der Waals surface area contributed by atoms with Crippen LogP contribution in [-0.2, 0) is 13.0 Å². The molecule has 2 aliphatic heterocycles. The van der Waals surface area contributed by atoms with E-state index in [1.807, 2.05) is 31.2 Å². The number of hydrogen-bond donors (Lipinski definition) is 0. The highest BCUT2D eigenvalue weighted by molar-refractivity contribution is 5.97. The Hall–Kier alpha value is -3.35. The van der Waals surface area contributed by atoms with E-state index in [4.69, 9.17) is 9.47 Å². The molecule has 0 fully saturated rings. The number of carbonyl (C=O) groups is 1. The van der Waals surface area contributed by atoms with E-state index in [1.54, 1.807) is 27.7 Å². The van der Waals surface area contributed by atoms with Gasteiger partial charge in [0.05, 0.1) is 17.4 Å². The van der Waals surface area contributed by atoms with Crippen LogP contribution < -0.4 is 15.0 Å². The van der Waals surface area contributed by atoms with Gasteiger partial charge in [0, 0.05) is 25.1 Å². The van der Waals surface area contributed by atoms with E-state index in [0.717, 1.165) is 24.4 Å². The van der Waals surface area contributed by atoms with E-state index in [0.29, 0.717) is 48.5 Å². The van der Waals surface area contributed by atoms with Crippen molar-refractivity contribution in [3.05, 3.63) is 64.2 Å². The topological polar surface area (TPSA) is 73.7 Å². The molecule has 7 heteroatoms. The Kier molecular flexibility index (Phi) is 4.65. The molecule has 1 aromatic heterocycles. The molecule has 30 heavy (non-hydrogen) atoms. The maximum Gasteiger partial charge on any atom is 0.261 e.